The largest absolute Gasteiger partial charge is 0.382 e. The molecule has 138 valence electrons. The van der Waals surface area contributed by atoms with E-state index >= 15 is 0 Å². The van der Waals surface area contributed by atoms with Crippen molar-refractivity contribution in [3.05, 3.63) is 0 Å². The highest BCUT2D eigenvalue weighted by Gasteiger charge is 2.15. The maximum Gasteiger partial charge on any atom is 0.193 e. The second kappa shape index (κ2) is 15.4. The Kier molecular flexibility index (Phi) is 15.4. The first-order valence-electron chi connectivity index (χ1n) is 8.92. The zero-order valence-corrected chi connectivity index (χ0v) is 17.5. The summed E-state index contributed by atoms with van der Waals surface area (Å²) in [5.74, 6) is 1.84. The van der Waals surface area contributed by atoms with E-state index in [0.717, 1.165) is 70.8 Å². The fraction of sp³-hybridized carbons (Fsp3) is 0.941. The van der Waals surface area contributed by atoms with Gasteiger partial charge < -0.3 is 19.7 Å². The smallest absolute Gasteiger partial charge is 0.193 e. The molecule has 0 bridgehead atoms. The van der Waals surface area contributed by atoms with Gasteiger partial charge in [-0.15, -0.1) is 24.0 Å². The van der Waals surface area contributed by atoms with Gasteiger partial charge in [0.25, 0.3) is 0 Å². The quantitative estimate of drug-likeness (QED) is 0.245. The van der Waals surface area contributed by atoms with Crippen molar-refractivity contribution in [1.82, 2.24) is 10.2 Å². The van der Waals surface area contributed by atoms with Crippen molar-refractivity contribution < 1.29 is 9.47 Å². The first-order chi connectivity index (χ1) is 10.8. The molecular formula is C17H36IN3O2. The van der Waals surface area contributed by atoms with E-state index in [2.05, 4.69) is 24.2 Å². The molecule has 0 aromatic carbocycles. The second-order valence-electron chi connectivity index (χ2n) is 5.91. The molecule has 1 aliphatic rings. The predicted molar refractivity (Wildman–Crippen MR) is 108 cm³/mol. The standard InChI is InChI=1S/C17H35N3O2.HI/c1-4-18-17(19-11-6-7-13-21-5-2)20(3)12-8-16-9-14-22-15-10-16;/h16H,4-15H2,1-3H3,(H,18,19);1H. The summed E-state index contributed by atoms with van der Waals surface area (Å²) in [4.78, 5) is 6.99. The minimum absolute atomic E-state index is 0. The lowest BCUT2D eigenvalue weighted by atomic mass is 9.96. The summed E-state index contributed by atoms with van der Waals surface area (Å²) in [5.41, 5.74) is 0. The van der Waals surface area contributed by atoms with E-state index in [9.17, 15) is 0 Å². The molecule has 1 rings (SSSR count). The van der Waals surface area contributed by atoms with Crippen molar-refractivity contribution in [3.63, 3.8) is 0 Å². The lowest BCUT2D eigenvalue weighted by molar-refractivity contribution is 0.0625. The van der Waals surface area contributed by atoms with Gasteiger partial charge in [-0.05, 0) is 51.9 Å². The van der Waals surface area contributed by atoms with Crippen molar-refractivity contribution in [2.24, 2.45) is 10.9 Å². The molecule has 0 aliphatic carbocycles. The topological polar surface area (TPSA) is 46.1 Å². The van der Waals surface area contributed by atoms with Crippen molar-refractivity contribution in [3.8, 4) is 0 Å². The summed E-state index contributed by atoms with van der Waals surface area (Å²) in [7, 11) is 2.14. The van der Waals surface area contributed by atoms with Crippen LogP contribution in [0.15, 0.2) is 4.99 Å². The number of nitrogens with one attached hydrogen (secondary N) is 1. The summed E-state index contributed by atoms with van der Waals surface area (Å²) in [6.45, 7) is 10.5. The molecule has 0 radical (unpaired) electrons. The van der Waals surface area contributed by atoms with Gasteiger partial charge in [0.2, 0.25) is 0 Å². The van der Waals surface area contributed by atoms with E-state index in [1.807, 2.05) is 6.92 Å². The Labute approximate surface area is 159 Å². The van der Waals surface area contributed by atoms with E-state index in [1.165, 1.54) is 19.3 Å². The minimum Gasteiger partial charge on any atom is -0.382 e. The van der Waals surface area contributed by atoms with E-state index in [-0.39, 0.29) is 24.0 Å². The van der Waals surface area contributed by atoms with E-state index < -0.39 is 0 Å². The normalized spacial score (nSPS) is 16.0. The number of unbranched alkanes of at least 4 members (excludes halogenated alkanes) is 1. The van der Waals surface area contributed by atoms with Gasteiger partial charge in [0.15, 0.2) is 5.96 Å². The third-order valence-electron chi connectivity index (χ3n) is 4.07. The van der Waals surface area contributed by atoms with Crippen LogP contribution in [0.25, 0.3) is 0 Å². The molecule has 23 heavy (non-hydrogen) atoms. The zero-order valence-electron chi connectivity index (χ0n) is 15.2. The molecule has 1 saturated heterocycles. The molecule has 6 heteroatoms. The Hall–Kier alpha value is -0.0800. The Balaban J connectivity index is 0.00000484. The third kappa shape index (κ3) is 11.2. The second-order valence-corrected chi connectivity index (χ2v) is 5.91. The number of halogens is 1. The SMILES string of the molecule is CCNC(=NCCCCOCC)N(C)CCC1CCOCC1.I. The highest BCUT2D eigenvalue weighted by Crippen LogP contribution is 2.18. The van der Waals surface area contributed by atoms with Gasteiger partial charge in [-0.2, -0.15) is 0 Å². The highest BCUT2D eigenvalue weighted by atomic mass is 127. The molecule has 0 saturated carbocycles. The van der Waals surface area contributed by atoms with Crippen molar-refractivity contribution >= 4 is 29.9 Å². The molecule has 0 atom stereocenters. The monoisotopic (exact) mass is 441 g/mol. The molecule has 0 spiro atoms. The van der Waals surface area contributed by atoms with Gasteiger partial charge in [0.05, 0.1) is 0 Å². The van der Waals surface area contributed by atoms with Crippen LogP contribution in [0.2, 0.25) is 0 Å². The van der Waals surface area contributed by atoms with Gasteiger partial charge >= 0.3 is 0 Å². The molecule has 1 N–H and O–H groups in total. The van der Waals surface area contributed by atoms with Crippen molar-refractivity contribution in [1.29, 1.82) is 0 Å². The third-order valence-corrected chi connectivity index (χ3v) is 4.07. The maximum absolute atomic E-state index is 5.43. The Morgan fingerprint density at radius 2 is 2.00 bits per heavy atom. The average molecular weight is 441 g/mol. The van der Waals surface area contributed by atoms with Gasteiger partial charge in [0, 0.05) is 53.1 Å². The van der Waals surface area contributed by atoms with Gasteiger partial charge in [0.1, 0.15) is 0 Å². The molecule has 0 aromatic rings. The first-order valence-corrected chi connectivity index (χ1v) is 8.92. The Bertz CT molecular complexity index is 298. The molecule has 1 fully saturated rings. The van der Waals surface area contributed by atoms with Gasteiger partial charge in [-0.25, -0.2) is 0 Å². The van der Waals surface area contributed by atoms with Crippen LogP contribution in [-0.4, -0.2) is 64.0 Å². The zero-order chi connectivity index (χ0) is 16.0. The van der Waals surface area contributed by atoms with Crippen LogP contribution in [0.3, 0.4) is 0 Å². The fourth-order valence-corrected chi connectivity index (χ4v) is 2.63. The summed E-state index contributed by atoms with van der Waals surface area (Å²) in [6.07, 6.45) is 5.82. The average Bonchev–Trinajstić information content (AvgIpc) is 2.55. The first kappa shape index (κ1) is 22.9. The van der Waals surface area contributed by atoms with Crippen LogP contribution in [0.1, 0.15) is 46.0 Å². The fourth-order valence-electron chi connectivity index (χ4n) is 2.63. The number of rotatable bonds is 10. The highest BCUT2D eigenvalue weighted by molar-refractivity contribution is 14.0. The number of hydrogen-bond acceptors (Lipinski definition) is 3. The maximum atomic E-state index is 5.43. The number of guanidine groups is 1. The lowest BCUT2D eigenvalue weighted by Gasteiger charge is -2.26. The van der Waals surface area contributed by atoms with E-state index in [1.54, 1.807) is 0 Å². The minimum atomic E-state index is 0. The Morgan fingerprint density at radius 1 is 1.26 bits per heavy atom. The van der Waals surface area contributed by atoms with E-state index in [4.69, 9.17) is 14.5 Å². The summed E-state index contributed by atoms with van der Waals surface area (Å²) in [6, 6.07) is 0. The Morgan fingerprint density at radius 3 is 2.65 bits per heavy atom. The number of aliphatic imine (C=N–C) groups is 1. The van der Waals surface area contributed by atoms with E-state index in [0.29, 0.717) is 0 Å². The molecule has 1 aliphatic heterocycles. The number of hydrogen-bond donors (Lipinski definition) is 1. The number of nitrogens with zero attached hydrogens (tertiary/aromatic N) is 2. The van der Waals surface area contributed by atoms with Crippen molar-refractivity contribution in [2.75, 3.05) is 53.1 Å². The summed E-state index contributed by atoms with van der Waals surface area (Å²) < 4.78 is 10.8. The van der Waals surface area contributed by atoms with Crippen LogP contribution in [0.4, 0.5) is 0 Å². The number of ether oxygens (including phenoxy) is 2. The van der Waals surface area contributed by atoms with Crippen LogP contribution in [0.5, 0.6) is 0 Å². The molecular weight excluding hydrogens is 405 g/mol. The molecule has 5 nitrogen and oxygen atoms in total. The molecule has 0 amide bonds. The molecule has 0 aromatic heterocycles. The van der Waals surface area contributed by atoms with Crippen LogP contribution in [0, 0.1) is 5.92 Å². The van der Waals surface area contributed by atoms with Crippen LogP contribution < -0.4 is 5.32 Å². The van der Waals surface area contributed by atoms with Gasteiger partial charge in [-0.1, -0.05) is 0 Å². The molecule has 0 unspecified atom stereocenters. The summed E-state index contributed by atoms with van der Waals surface area (Å²) >= 11 is 0. The lowest BCUT2D eigenvalue weighted by Crippen LogP contribution is -2.40. The van der Waals surface area contributed by atoms with Crippen molar-refractivity contribution in [2.45, 2.75) is 46.0 Å². The van der Waals surface area contributed by atoms with Gasteiger partial charge in [-0.3, -0.25) is 4.99 Å². The molecule has 1 heterocycles. The van der Waals surface area contributed by atoms with Crippen LogP contribution in [-0.2, 0) is 9.47 Å². The van der Waals surface area contributed by atoms with Crippen LogP contribution >= 0.6 is 24.0 Å². The predicted octanol–water partition coefficient (Wildman–Crippen LogP) is 3.14. The summed E-state index contributed by atoms with van der Waals surface area (Å²) in [5, 5.41) is 3.39.